The Bertz CT molecular complexity index is 1650. The third-order valence-corrected chi connectivity index (χ3v) is 9.66. The highest BCUT2D eigenvalue weighted by Gasteiger charge is 2.48. The quantitative estimate of drug-likeness (QED) is 0.320. The first kappa shape index (κ1) is 30.7. The van der Waals surface area contributed by atoms with Crippen molar-refractivity contribution in [2.24, 2.45) is 11.8 Å². The summed E-state index contributed by atoms with van der Waals surface area (Å²) in [6, 6.07) is 16.2. The Hall–Kier alpha value is -4.93. The zero-order valence-electron chi connectivity index (χ0n) is 26.4. The van der Waals surface area contributed by atoms with Gasteiger partial charge in [0.05, 0.1) is 26.7 Å². The molecule has 11 heteroatoms. The van der Waals surface area contributed by atoms with Crippen LogP contribution in [0.5, 0.6) is 28.7 Å². The van der Waals surface area contributed by atoms with Gasteiger partial charge in [-0.1, -0.05) is 43.2 Å². The molecular weight excluding hydrogens is 604 g/mol. The van der Waals surface area contributed by atoms with Crippen LogP contribution in [0.2, 0.25) is 0 Å². The van der Waals surface area contributed by atoms with Crippen molar-refractivity contribution in [3.8, 4) is 28.7 Å². The topological polar surface area (TPSA) is 131 Å². The van der Waals surface area contributed by atoms with E-state index in [1.807, 2.05) is 42.5 Å². The number of amides is 2. The van der Waals surface area contributed by atoms with E-state index in [9.17, 15) is 14.4 Å². The second-order valence-electron chi connectivity index (χ2n) is 12.5. The molecule has 3 aromatic rings. The summed E-state index contributed by atoms with van der Waals surface area (Å²) in [5, 5.41) is 5.86. The summed E-state index contributed by atoms with van der Waals surface area (Å²) < 4.78 is 34.1. The molecule has 0 radical (unpaired) electrons. The number of cyclic esters (lactones) is 1. The summed E-state index contributed by atoms with van der Waals surface area (Å²) in [7, 11) is 2.94. The lowest BCUT2D eigenvalue weighted by molar-refractivity contribution is -0.141. The summed E-state index contributed by atoms with van der Waals surface area (Å²) in [4.78, 5) is 39.9. The van der Waals surface area contributed by atoms with Gasteiger partial charge in [0.25, 0.3) is 0 Å². The molecule has 0 spiro atoms. The first-order valence-electron chi connectivity index (χ1n) is 16.1. The number of hydrogen-bond donors (Lipinski definition) is 2. The number of hydrogen-bond acceptors (Lipinski definition) is 9. The van der Waals surface area contributed by atoms with Crippen molar-refractivity contribution in [2.75, 3.05) is 27.6 Å². The molecule has 2 aliphatic heterocycles. The van der Waals surface area contributed by atoms with Gasteiger partial charge in [0.15, 0.2) is 23.0 Å². The van der Waals surface area contributed by atoms with Gasteiger partial charge in [0, 0.05) is 24.3 Å². The highest BCUT2D eigenvalue weighted by atomic mass is 16.7. The molecule has 0 bridgehead atoms. The van der Waals surface area contributed by atoms with Crippen LogP contribution in [-0.2, 0) is 27.2 Å². The molecule has 2 amide bonds. The molecule has 47 heavy (non-hydrogen) atoms. The Morgan fingerprint density at radius 1 is 0.936 bits per heavy atom. The van der Waals surface area contributed by atoms with Crippen LogP contribution in [0.4, 0.5) is 4.79 Å². The third-order valence-electron chi connectivity index (χ3n) is 9.66. The molecule has 0 aromatic heterocycles. The molecule has 0 unspecified atom stereocenters. The largest absolute Gasteiger partial charge is 0.493 e. The fourth-order valence-electron chi connectivity index (χ4n) is 7.38. The number of fused-ring (bicyclic) bond motifs is 3. The summed E-state index contributed by atoms with van der Waals surface area (Å²) in [5.74, 6) is 0.463. The Morgan fingerprint density at radius 2 is 1.64 bits per heavy atom. The van der Waals surface area contributed by atoms with Gasteiger partial charge in [-0.05, 0) is 65.8 Å². The van der Waals surface area contributed by atoms with Gasteiger partial charge < -0.3 is 39.1 Å². The van der Waals surface area contributed by atoms with Crippen LogP contribution in [0.15, 0.2) is 54.6 Å². The van der Waals surface area contributed by atoms with Crippen molar-refractivity contribution in [3.05, 3.63) is 76.9 Å². The molecule has 246 valence electrons. The first-order chi connectivity index (χ1) is 22.9. The number of esters is 1. The minimum absolute atomic E-state index is 0.0176. The van der Waals surface area contributed by atoms with Crippen molar-refractivity contribution in [1.29, 1.82) is 0 Å². The van der Waals surface area contributed by atoms with Gasteiger partial charge >= 0.3 is 12.1 Å². The van der Waals surface area contributed by atoms with Crippen LogP contribution < -0.4 is 34.3 Å². The maximum atomic E-state index is 13.4. The minimum atomic E-state index is -0.862. The van der Waals surface area contributed by atoms with Crippen LogP contribution in [0.3, 0.4) is 0 Å². The van der Waals surface area contributed by atoms with Crippen molar-refractivity contribution >= 4 is 18.0 Å². The normalized spacial score (nSPS) is 21.7. The fourth-order valence-corrected chi connectivity index (χ4v) is 7.38. The number of carbonyl (C=O) groups is 3. The van der Waals surface area contributed by atoms with Gasteiger partial charge in [-0.15, -0.1) is 0 Å². The lowest BCUT2D eigenvalue weighted by atomic mass is 9.67. The molecule has 1 saturated heterocycles. The molecule has 11 nitrogen and oxygen atoms in total. The number of ether oxygens (including phenoxy) is 6. The number of carbonyl (C=O) groups excluding carboxylic acids is 3. The van der Waals surface area contributed by atoms with E-state index in [1.165, 1.54) is 14.2 Å². The number of nitrogens with one attached hydrogen (secondary N) is 2. The van der Waals surface area contributed by atoms with E-state index in [0.717, 1.165) is 47.9 Å². The Labute approximate surface area is 272 Å². The molecule has 2 heterocycles. The summed E-state index contributed by atoms with van der Waals surface area (Å²) in [6.07, 6.45) is 4.11. The van der Waals surface area contributed by atoms with Crippen LogP contribution >= 0.6 is 0 Å². The van der Waals surface area contributed by atoms with E-state index >= 15 is 0 Å². The predicted octanol–water partition coefficient (Wildman–Crippen LogP) is 4.67. The van der Waals surface area contributed by atoms with E-state index in [0.29, 0.717) is 30.9 Å². The van der Waals surface area contributed by atoms with E-state index in [-0.39, 0.29) is 47.9 Å². The second-order valence-corrected chi connectivity index (χ2v) is 12.5. The third kappa shape index (κ3) is 6.14. The second kappa shape index (κ2) is 13.1. The van der Waals surface area contributed by atoms with E-state index in [1.54, 1.807) is 12.1 Å². The fraction of sp³-hybridized carbons (Fsp3) is 0.417. The van der Waals surface area contributed by atoms with Crippen LogP contribution in [0.25, 0.3) is 0 Å². The minimum Gasteiger partial charge on any atom is -0.493 e. The number of benzene rings is 3. The van der Waals surface area contributed by atoms with Crippen molar-refractivity contribution < 1.29 is 42.8 Å². The lowest BCUT2D eigenvalue weighted by Gasteiger charge is -2.34. The number of methoxy groups -OCH3 is 2. The molecule has 2 fully saturated rings. The van der Waals surface area contributed by atoms with Crippen LogP contribution in [0.1, 0.15) is 53.9 Å². The maximum absolute atomic E-state index is 13.4. The van der Waals surface area contributed by atoms with E-state index < -0.39 is 24.0 Å². The van der Waals surface area contributed by atoms with Crippen molar-refractivity contribution in [3.63, 3.8) is 0 Å². The van der Waals surface area contributed by atoms with Crippen molar-refractivity contribution in [2.45, 2.75) is 56.5 Å². The molecule has 4 atom stereocenters. The molecule has 4 aliphatic rings. The smallest absolute Gasteiger partial charge is 0.413 e. The van der Waals surface area contributed by atoms with E-state index in [2.05, 4.69) is 10.6 Å². The molecule has 7 rings (SSSR count). The number of rotatable bonds is 9. The maximum Gasteiger partial charge on any atom is 0.413 e. The van der Waals surface area contributed by atoms with Gasteiger partial charge in [-0.25, -0.2) is 4.79 Å². The average molecular weight is 643 g/mol. The molecule has 2 N–H and O–H groups in total. The van der Waals surface area contributed by atoms with Gasteiger partial charge in [-0.2, -0.15) is 0 Å². The Balaban J connectivity index is 1.18. The highest BCUT2D eigenvalue weighted by molar-refractivity contribution is 5.87. The average Bonchev–Trinajstić information content (AvgIpc) is 3.85. The SMILES string of the molecule is COc1cc([C@@H]2c3cc4c(cc3C[C@H]3COC(=O)[C@@H]32)OCO4)cc(OC)c1OC(=O)N[C@@H](Cc1ccccc1)C(=O)NC1CCCC1. The Kier molecular flexibility index (Phi) is 8.53. The lowest BCUT2D eigenvalue weighted by Crippen LogP contribution is -2.51. The molecule has 2 aliphatic carbocycles. The van der Waals surface area contributed by atoms with Crippen LogP contribution in [-0.4, -0.2) is 57.7 Å². The Morgan fingerprint density at radius 3 is 2.34 bits per heavy atom. The summed E-state index contributed by atoms with van der Waals surface area (Å²) in [6.45, 7) is 0.476. The van der Waals surface area contributed by atoms with Crippen LogP contribution in [0, 0.1) is 11.8 Å². The van der Waals surface area contributed by atoms with Crippen molar-refractivity contribution in [1.82, 2.24) is 10.6 Å². The standard InChI is InChI=1S/C36H38N2O9/c1-42-29-15-22(31-25-17-28-27(45-19-46-28)14-21(25)13-23-18-44-35(40)32(23)31)16-30(43-2)33(29)47-36(41)38-26(12-20-8-4-3-5-9-20)34(39)37-24-10-6-7-11-24/h3-5,8-9,14-17,23-24,26,31-32H,6-7,10-13,18-19H2,1-2H3,(H,37,39)(H,38,41)/t23-,26-,31+,32-/m0/s1. The summed E-state index contributed by atoms with van der Waals surface area (Å²) in [5.41, 5.74) is 3.62. The monoisotopic (exact) mass is 642 g/mol. The molecular formula is C36H38N2O9. The zero-order chi connectivity index (χ0) is 32.5. The molecule has 1 saturated carbocycles. The first-order valence-corrected chi connectivity index (χ1v) is 16.1. The van der Waals surface area contributed by atoms with Gasteiger partial charge in [0.1, 0.15) is 6.04 Å². The highest BCUT2D eigenvalue weighted by Crippen LogP contribution is 2.52. The predicted molar refractivity (Wildman–Crippen MR) is 169 cm³/mol. The summed E-state index contributed by atoms with van der Waals surface area (Å²) >= 11 is 0. The zero-order valence-corrected chi connectivity index (χ0v) is 26.4. The van der Waals surface area contributed by atoms with E-state index in [4.69, 9.17) is 28.4 Å². The van der Waals surface area contributed by atoms with Gasteiger partial charge in [0.2, 0.25) is 18.4 Å². The molecule has 3 aromatic carbocycles. The van der Waals surface area contributed by atoms with Gasteiger partial charge in [-0.3, -0.25) is 9.59 Å².